The van der Waals surface area contributed by atoms with Crippen LogP contribution in [-0.4, -0.2) is 22.7 Å². The number of nitro benzene ring substituents is 1. The summed E-state index contributed by atoms with van der Waals surface area (Å²) in [6.45, 7) is 4.72. The summed E-state index contributed by atoms with van der Waals surface area (Å²) in [5, 5.41) is 14.4. The lowest BCUT2D eigenvalue weighted by atomic mass is 9.84. The number of non-ortho nitro benzene ring substituents is 1. The van der Waals surface area contributed by atoms with Crippen LogP contribution in [-0.2, 0) is 0 Å². The fraction of sp³-hybridized carbons (Fsp3) is 0.500. The summed E-state index contributed by atoms with van der Waals surface area (Å²) in [5.74, 6) is -0.277. The number of nitrogens with one attached hydrogen (secondary N) is 1. The van der Waals surface area contributed by atoms with Gasteiger partial charge < -0.3 is 5.32 Å². The summed E-state index contributed by atoms with van der Waals surface area (Å²) in [6.07, 6.45) is 1.90. The summed E-state index contributed by atoms with van der Waals surface area (Å²) in [5.41, 5.74) is 0.265. The first-order chi connectivity index (χ1) is 9.48. The van der Waals surface area contributed by atoms with Crippen LogP contribution < -0.4 is 5.32 Å². The zero-order valence-electron chi connectivity index (χ0n) is 11.7. The summed E-state index contributed by atoms with van der Waals surface area (Å²) in [4.78, 5) is 22.3. The van der Waals surface area contributed by atoms with E-state index < -0.39 is 4.92 Å². The molecule has 0 unspecified atom stereocenters. The molecule has 0 aromatic heterocycles. The summed E-state index contributed by atoms with van der Waals surface area (Å²) >= 11 is 3.49. The molecule has 1 amide bonds. The highest BCUT2D eigenvalue weighted by atomic mass is 79.9. The minimum atomic E-state index is -0.502. The average molecular weight is 343 g/mol. The van der Waals surface area contributed by atoms with E-state index >= 15 is 0 Å². The molecule has 0 fully saturated rings. The number of carbonyl (C=O) groups excluding carboxylic acids is 1. The van der Waals surface area contributed by atoms with Gasteiger partial charge in [0.15, 0.2) is 0 Å². The maximum Gasteiger partial charge on any atom is 0.270 e. The van der Waals surface area contributed by atoms with Crippen LogP contribution in [0.1, 0.15) is 37.0 Å². The highest BCUT2D eigenvalue weighted by Gasteiger charge is 2.25. The molecule has 1 aromatic carbocycles. The van der Waals surface area contributed by atoms with Gasteiger partial charge in [-0.3, -0.25) is 14.9 Å². The van der Waals surface area contributed by atoms with Crippen LogP contribution in [0.2, 0.25) is 0 Å². The number of nitrogens with zero attached hydrogens (tertiary/aromatic N) is 1. The van der Waals surface area contributed by atoms with Crippen molar-refractivity contribution < 1.29 is 9.72 Å². The molecule has 0 bridgehead atoms. The second-order valence-electron chi connectivity index (χ2n) is 4.83. The second kappa shape index (κ2) is 7.38. The van der Waals surface area contributed by atoms with Crippen molar-refractivity contribution in [1.29, 1.82) is 0 Å². The zero-order chi connectivity index (χ0) is 15.2. The van der Waals surface area contributed by atoms with Gasteiger partial charge in [-0.15, -0.1) is 0 Å². The quantitative estimate of drug-likeness (QED) is 0.468. The van der Waals surface area contributed by atoms with Gasteiger partial charge in [0, 0.05) is 29.6 Å². The smallest absolute Gasteiger partial charge is 0.270 e. The minimum absolute atomic E-state index is 0.0242. The molecule has 0 aliphatic carbocycles. The second-order valence-corrected chi connectivity index (χ2v) is 5.39. The van der Waals surface area contributed by atoms with Gasteiger partial charge >= 0.3 is 0 Å². The Morgan fingerprint density at radius 3 is 2.55 bits per heavy atom. The predicted octanol–water partition coefficient (Wildman–Crippen LogP) is 3.53. The predicted molar refractivity (Wildman–Crippen MR) is 82.2 cm³/mol. The molecule has 0 aliphatic rings. The van der Waals surface area contributed by atoms with Crippen molar-refractivity contribution >= 4 is 27.5 Å². The standard InChI is InChI=1S/C14H19BrN2O3/c1-3-14(4-2,9-15)10-16-13(18)11-6-5-7-12(8-11)17(19)20/h5-8H,3-4,9-10H2,1-2H3,(H,16,18). The van der Waals surface area contributed by atoms with Crippen molar-refractivity contribution in [1.82, 2.24) is 5.32 Å². The Balaban J connectivity index is 2.76. The van der Waals surface area contributed by atoms with Gasteiger partial charge in [-0.1, -0.05) is 35.8 Å². The Bertz CT molecular complexity index is 479. The number of benzene rings is 1. The average Bonchev–Trinajstić information content (AvgIpc) is 2.49. The molecule has 0 aliphatic heterocycles. The Morgan fingerprint density at radius 2 is 2.05 bits per heavy atom. The van der Waals surface area contributed by atoms with Crippen LogP contribution in [0.4, 0.5) is 5.69 Å². The van der Waals surface area contributed by atoms with Gasteiger partial charge in [0.05, 0.1) is 4.92 Å². The van der Waals surface area contributed by atoms with Gasteiger partial charge in [0.25, 0.3) is 11.6 Å². The molecule has 1 aromatic rings. The van der Waals surface area contributed by atoms with Gasteiger partial charge in [-0.25, -0.2) is 0 Å². The molecule has 5 nitrogen and oxygen atoms in total. The molecule has 0 saturated heterocycles. The van der Waals surface area contributed by atoms with Crippen molar-refractivity contribution in [3.63, 3.8) is 0 Å². The first-order valence-corrected chi connectivity index (χ1v) is 7.68. The van der Waals surface area contributed by atoms with Gasteiger partial charge in [0.2, 0.25) is 0 Å². The maximum atomic E-state index is 12.1. The van der Waals surface area contributed by atoms with Gasteiger partial charge in [0.1, 0.15) is 0 Å². The van der Waals surface area contributed by atoms with E-state index in [9.17, 15) is 14.9 Å². The van der Waals surface area contributed by atoms with Crippen LogP contribution in [0.15, 0.2) is 24.3 Å². The van der Waals surface area contributed by atoms with E-state index in [1.54, 1.807) is 6.07 Å². The van der Waals surface area contributed by atoms with Crippen LogP contribution in [0, 0.1) is 15.5 Å². The fourth-order valence-electron chi connectivity index (χ4n) is 1.87. The summed E-state index contributed by atoms with van der Waals surface area (Å²) in [7, 11) is 0. The topological polar surface area (TPSA) is 72.2 Å². The van der Waals surface area contributed by atoms with Gasteiger partial charge in [-0.05, 0) is 24.3 Å². The molecule has 0 atom stereocenters. The zero-order valence-corrected chi connectivity index (χ0v) is 13.3. The lowest BCUT2D eigenvalue weighted by molar-refractivity contribution is -0.384. The monoisotopic (exact) mass is 342 g/mol. The van der Waals surface area contributed by atoms with E-state index in [4.69, 9.17) is 0 Å². The lowest BCUT2D eigenvalue weighted by Gasteiger charge is -2.29. The van der Waals surface area contributed by atoms with Gasteiger partial charge in [-0.2, -0.15) is 0 Å². The molecule has 0 saturated carbocycles. The van der Waals surface area contributed by atoms with E-state index in [0.717, 1.165) is 18.2 Å². The molecular weight excluding hydrogens is 324 g/mol. The Hall–Kier alpha value is -1.43. The number of hydrogen-bond acceptors (Lipinski definition) is 3. The molecule has 1 N–H and O–H groups in total. The van der Waals surface area contributed by atoms with Crippen LogP contribution in [0.25, 0.3) is 0 Å². The summed E-state index contributed by atoms with van der Waals surface area (Å²) in [6, 6.07) is 5.77. The normalized spacial score (nSPS) is 11.2. The van der Waals surface area contributed by atoms with Crippen LogP contribution in [0.5, 0.6) is 0 Å². The number of nitro groups is 1. The molecule has 0 radical (unpaired) electrons. The Morgan fingerprint density at radius 1 is 1.40 bits per heavy atom. The van der Waals surface area contributed by atoms with Crippen LogP contribution >= 0.6 is 15.9 Å². The third-order valence-electron chi connectivity index (χ3n) is 3.73. The highest BCUT2D eigenvalue weighted by molar-refractivity contribution is 9.09. The van der Waals surface area contributed by atoms with E-state index in [1.807, 2.05) is 0 Å². The maximum absolute atomic E-state index is 12.1. The van der Waals surface area contributed by atoms with E-state index in [0.29, 0.717) is 12.1 Å². The number of alkyl halides is 1. The third-order valence-corrected chi connectivity index (χ3v) is 4.92. The highest BCUT2D eigenvalue weighted by Crippen LogP contribution is 2.27. The molecule has 1 rings (SSSR count). The number of rotatable bonds is 7. The van der Waals surface area contributed by atoms with Crippen LogP contribution in [0.3, 0.4) is 0 Å². The fourth-order valence-corrected chi connectivity index (χ4v) is 2.86. The largest absolute Gasteiger partial charge is 0.351 e. The molecule has 20 heavy (non-hydrogen) atoms. The van der Waals surface area contributed by atoms with E-state index in [1.165, 1.54) is 18.2 Å². The number of halogens is 1. The van der Waals surface area contributed by atoms with E-state index in [2.05, 4.69) is 35.1 Å². The van der Waals surface area contributed by atoms with Crippen molar-refractivity contribution in [3.05, 3.63) is 39.9 Å². The number of carbonyl (C=O) groups is 1. The lowest BCUT2D eigenvalue weighted by Crippen LogP contribution is -2.38. The molecular formula is C14H19BrN2O3. The molecule has 110 valence electrons. The van der Waals surface area contributed by atoms with Crippen molar-refractivity contribution in [2.75, 3.05) is 11.9 Å². The first-order valence-electron chi connectivity index (χ1n) is 6.56. The minimum Gasteiger partial charge on any atom is -0.351 e. The molecule has 0 spiro atoms. The first kappa shape index (κ1) is 16.6. The van der Waals surface area contributed by atoms with Crippen molar-refractivity contribution in [3.8, 4) is 0 Å². The van der Waals surface area contributed by atoms with Crippen molar-refractivity contribution in [2.45, 2.75) is 26.7 Å². The molecule has 6 heteroatoms. The van der Waals surface area contributed by atoms with Crippen molar-refractivity contribution in [2.24, 2.45) is 5.41 Å². The number of hydrogen-bond donors (Lipinski definition) is 1. The summed E-state index contributed by atoms with van der Waals surface area (Å²) < 4.78 is 0. The Labute approximate surface area is 127 Å². The van der Waals surface area contributed by atoms with E-state index in [-0.39, 0.29) is 17.0 Å². The number of amides is 1. The molecule has 0 heterocycles. The third kappa shape index (κ3) is 4.03. The Kier molecular flexibility index (Phi) is 6.13. The SMILES string of the molecule is CCC(CC)(CBr)CNC(=O)c1cccc([N+](=O)[O-])c1.